The summed E-state index contributed by atoms with van der Waals surface area (Å²) in [5.41, 5.74) is 2.02. The number of halogens is 1. The minimum Gasteiger partial charge on any atom is -0.483 e. The lowest BCUT2D eigenvalue weighted by atomic mass is 10.1. The number of hydrogen-bond acceptors (Lipinski definition) is 3. The maximum absolute atomic E-state index is 12.7. The van der Waals surface area contributed by atoms with Gasteiger partial charge in [-0.15, -0.1) is 0 Å². The normalized spacial score (nSPS) is 11.6. The van der Waals surface area contributed by atoms with E-state index < -0.39 is 0 Å². The van der Waals surface area contributed by atoms with Crippen LogP contribution in [0.3, 0.4) is 0 Å². The Morgan fingerprint density at radius 1 is 0.909 bits per heavy atom. The summed E-state index contributed by atoms with van der Waals surface area (Å²) in [6.07, 6.45) is 0. The van der Waals surface area contributed by atoms with Gasteiger partial charge in [-0.2, -0.15) is 0 Å². The van der Waals surface area contributed by atoms with Crippen LogP contribution in [0.25, 0.3) is 10.8 Å². The molecule has 4 rings (SSSR count). The number of carbonyl (C=O) groups excluding carboxylic acids is 2. The fraction of sp³-hybridized carbons (Fsp3) is 0.111. The molecule has 166 valence electrons. The van der Waals surface area contributed by atoms with Crippen LogP contribution in [0.2, 0.25) is 0 Å². The van der Waals surface area contributed by atoms with E-state index in [0.29, 0.717) is 17.0 Å². The molecule has 2 amide bonds. The van der Waals surface area contributed by atoms with E-state index in [2.05, 4.69) is 26.6 Å². The maximum Gasteiger partial charge on any atom is 0.262 e. The lowest BCUT2D eigenvalue weighted by Crippen LogP contribution is -2.27. The first kappa shape index (κ1) is 22.6. The van der Waals surface area contributed by atoms with Gasteiger partial charge in [0, 0.05) is 11.3 Å². The maximum atomic E-state index is 12.7. The lowest BCUT2D eigenvalue weighted by molar-refractivity contribution is -0.118. The molecular weight excluding hydrogens is 480 g/mol. The molecule has 0 saturated carbocycles. The molecule has 4 aromatic rings. The molecule has 0 heterocycles. The predicted molar refractivity (Wildman–Crippen MR) is 135 cm³/mol. The highest BCUT2D eigenvalue weighted by atomic mass is 79.9. The molecular formula is C27H23BrN2O3. The van der Waals surface area contributed by atoms with Gasteiger partial charge in [-0.05, 0) is 63.5 Å². The Morgan fingerprint density at radius 3 is 2.48 bits per heavy atom. The molecule has 2 N–H and O–H groups in total. The molecule has 6 heteroatoms. The number of nitrogens with one attached hydrogen (secondary N) is 2. The molecule has 33 heavy (non-hydrogen) atoms. The van der Waals surface area contributed by atoms with Crippen molar-refractivity contribution in [3.8, 4) is 5.75 Å². The summed E-state index contributed by atoms with van der Waals surface area (Å²) in [6.45, 7) is 1.78. The van der Waals surface area contributed by atoms with E-state index in [1.165, 1.54) is 0 Å². The molecule has 4 aromatic carbocycles. The average molecular weight is 503 g/mol. The number of ether oxygens (including phenoxy) is 1. The van der Waals surface area contributed by atoms with Crippen molar-refractivity contribution in [1.82, 2.24) is 5.32 Å². The predicted octanol–water partition coefficient (Wildman–Crippen LogP) is 6.11. The van der Waals surface area contributed by atoms with Crippen molar-refractivity contribution in [2.24, 2.45) is 0 Å². The van der Waals surface area contributed by atoms with E-state index in [4.69, 9.17) is 4.74 Å². The summed E-state index contributed by atoms with van der Waals surface area (Å²) in [6, 6.07) is 28.2. The highest BCUT2D eigenvalue weighted by molar-refractivity contribution is 9.10. The molecule has 1 atom stereocenters. The zero-order valence-corrected chi connectivity index (χ0v) is 19.6. The first-order valence-electron chi connectivity index (χ1n) is 10.6. The van der Waals surface area contributed by atoms with Gasteiger partial charge < -0.3 is 15.4 Å². The van der Waals surface area contributed by atoms with Gasteiger partial charge in [0.1, 0.15) is 5.75 Å². The van der Waals surface area contributed by atoms with Gasteiger partial charge in [-0.3, -0.25) is 9.59 Å². The van der Waals surface area contributed by atoms with Crippen LogP contribution < -0.4 is 15.4 Å². The molecule has 0 radical (unpaired) electrons. The van der Waals surface area contributed by atoms with Crippen LogP contribution in [0, 0.1) is 0 Å². The van der Waals surface area contributed by atoms with Crippen LogP contribution in [-0.2, 0) is 4.79 Å². The Labute approximate surface area is 200 Å². The van der Waals surface area contributed by atoms with Gasteiger partial charge >= 0.3 is 0 Å². The van der Waals surface area contributed by atoms with Gasteiger partial charge in [-0.25, -0.2) is 0 Å². The van der Waals surface area contributed by atoms with E-state index in [-0.39, 0.29) is 24.5 Å². The monoisotopic (exact) mass is 502 g/mol. The van der Waals surface area contributed by atoms with Gasteiger partial charge in [0.05, 0.1) is 10.5 Å². The molecule has 0 fully saturated rings. The number of anilines is 1. The smallest absolute Gasteiger partial charge is 0.262 e. The number of carbonyl (C=O) groups is 2. The summed E-state index contributed by atoms with van der Waals surface area (Å²) >= 11 is 3.56. The van der Waals surface area contributed by atoms with E-state index in [0.717, 1.165) is 20.8 Å². The van der Waals surface area contributed by atoms with Gasteiger partial charge in [0.2, 0.25) is 0 Å². The zero-order chi connectivity index (χ0) is 23.2. The standard InChI is InChI=1S/C27H23BrN2O3/c1-18(19-8-3-2-4-9-19)29-27(32)21-11-7-12-22(16-21)30-25(31)17-33-24-15-14-20-10-5-6-13-23(20)26(24)28/h2-16,18H,17H2,1H3,(H,29,32)(H,30,31). The molecule has 0 aliphatic rings. The van der Waals surface area contributed by atoms with Crippen LogP contribution in [0.15, 0.2) is 95.5 Å². The Hall–Kier alpha value is -3.64. The van der Waals surface area contributed by atoms with Crippen LogP contribution >= 0.6 is 15.9 Å². The van der Waals surface area contributed by atoms with Crippen molar-refractivity contribution >= 4 is 44.2 Å². The fourth-order valence-corrected chi connectivity index (χ4v) is 4.12. The summed E-state index contributed by atoms with van der Waals surface area (Å²) in [4.78, 5) is 25.1. The van der Waals surface area contributed by atoms with Crippen molar-refractivity contribution in [2.45, 2.75) is 13.0 Å². The van der Waals surface area contributed by atoms with E-state index in [9.17, 15) is 9.59 Å². The Kier molecular flexibility index (Phi) is 7.05. The van der Waals surface area contributed by atoms with Crippen molar-refractivity contribution in [3.05, 3.63) is 107 Å². The second kappa shape index (κ2) is 10.3. The average Bonchev–Trinajstić information content (AvgIpc) is 2.84. The highest BCUT2D eigenvalue weighted by Gasteiger charge is 2.13. The third-order valence-corrected chi connectivity index (χ3v) is 6.06. The second-order valence-corrected chi connectivity index (χ2v) is 8.42. The highest BCUT2D eigenvalue weighted by Crippen LogP contribution is 2.33. The van der Waals surface area contributed by atoms with E-state index in [1.807, 2.05) is 73.7 Å². The molecule has 0 aliphatic heterocycles. The summed E-state index contributed by atoms with van der Waals surface area (Å²) in [5.74, 6) is 0.0657. The molecule has 0 bridgehead atoms. The third kappa shape index (κ3) is 5.59. The van der Waals surface area contributed by atoms with Crippen LogP contribution in [-0.4, -0.2) is 18.4 Å². The topological polar surface area (TPSA) is 67.4 Å². The van der Waals surface area contributed by atoms with Crippen molar-refractivity contribution in [3.63, 3.8) is 0 Å². The van der Waals surface area contributed by atoms with Crippen molar-refractivity contribution in [1.29, 1.82) is 0 Å². The summed E-state index contributed by atoms with van der Waals surface area (Å²) < 4.78 is 6.53. The van der Waals surface area contributed by atoms with Crippen LogP contribution in [0.4, 0.5) is 5.69 Å². The Morgan fingerprint density at radius 2 is 1.67 bits per heavy atom. The molecule has 0 aromatic heterocycles. The fourth-order valence-electron chi connectivity index (χ4n) is 3.51. The zero-order valence-electron chi connectivity index (χ0n) is 18.0. The van der Waals surface area contributed by atoms with Crippen molar-refractivity contribution < 1.29 is 14.3 Å². The molecule has 0 saturated heterocycles. The molecule has 0 aliphatic carbocycles. The number of fused-ring (bicyclic) bond motifs is 1. The SMILES string of the molecule is CC(NC(=O)c1cccc(NC(=O)COc2ccc3ccccc3c2Br)c1)c1ccccc1. The lowest BCUT2D eigenvalue weighted by Gasteiger charge is -2.15. The number of benzene rings is 4. The van der Waals surface area contributed by atoms with Crippen LogP contribution in [0.1, 0.15) is 28.9 Å². The number of hydrogen-bond donors (Lipinski definition) is 2. The van der Waals surface area contributed by atoms with Crippen molar-refractivity contribution in [2.75, 3.05) is 11.9 Å². The summed E-state index contributed by atoms with van der Waals surface area (Å²) in [7, 11) is 0. The Balaban J connectivity index is 1.36. The first-order chi connectivity index (χ1) is 16.0. The van der Waals surface area contributed by atoms with E-state index >= 15 is 0 Å². The molecule has 5 nitrogen and oxygen atoms in total. The third-order valence-electron chi connectivity index (χ3n) is 5.24. The number of rotatable bonds is 7. The quantitative estimate of drug-likeness (QED) is 0.320. The first-order valence-corrected chi connectivity index (χ1v) is 11.4. The largest absolute Gasteiger partial charge is 0.483 e. The summed E-state index contributed by atoms with van der Waals surface area (Å²) in [5, 5.41) is 7.86. The molecule has 0 spiro atoms. The number of amides is 2. The van der Waals surface area contributed by atoms with Gasteiger partial charge in [0.15, 0.2) is 6.61 Å². The minimum atomic E-state index is -0.315. The van der Waals surface area contributed by atoms with Crippen LogP contribution in [0.5, 0.6) is 5.75 Å². The van der Waals surface area contributed by atoms with Gasteiger partial charge in [-0.1, -0.05) is 66.7 Å². The minimum absolute atomic E-state index is 0.134. The van der Waals surface area contributed by atoms with Gasteiger partial charge in [0.25, 0.3) is 11.8 Å². The second-order valence-electron chi connectivity index (χ2n) is 7.62. The van der Waals surface area contributed by atoms with E-state index in [1.54, 1.807) is 24.3 Å². The Bertz CT molecular complexity index is 1290. The molecule has 1 unspecified atom stereocenters.